The van der Waals surface area contributed by atoms with Crippen molar-refractivity contribution in [3.8, 4) is 0 Å². The lowest BCUT2D eigenvalue weighted by Crippen LogP contribution is -2.31. The van der Waals surface area contributed by atoms with Gasteiger partial charge in [0.1, 0.15) is 0 Å². The lowest BCUT2D eigenvalue weighted by atomic mass is 10.2. The summed E-state index contributed by atoms with van der Waals surface area (Å²) >= 11 is 3.47. The summed E-state index contributed by atoms with van der Waals surface area (Å²) in [5.41, 5.74) is 7.69. The Hall–Kier alpha value is -1.07. The van der Waals surface area contributed by atoms with E-state index in [1.165, 1.54) is 0 Å². The predicted molar refractivity (Wildman–Crippen MR) is 72.4 cm³/mol. The summed E-state index contributed by atoms with van der Waals surface area (Å²) in [6, 6.07) is 5.98. The first-order valence-electron chi connectivity index (χ1n) is 5.47. The van der Waals surface area contributed by atoms with Gasteiger partial charge in [0.25, 0.3) is 0 Å². The van der Waals surface area contributed by atoms with Crippen LogP contribution >= 0.6 is 15.9 Å². The van der Waals surface area contributed by atoms with Crippen molar-refractivity contribution in [2.45, 2.75) is 13.3 Å². The van der Waals surface area contributed by atoms with Crippen LogP contribution < -0.4 is 10.6 Å². The smallest absolute Gasteiger partial charge is 0.305 e. The number of carboxylic acid groups (broad SMARTS) is 1. The van der Waals surface area contributed by atoms with Crippen molar-refractivity contribution in [1.82, 2.24) is 0 Å². The molecule has 0 fully saturated rings. The number of nitrogens with two attached hydrogens (primary N) is 1. The van der Waals surface area contributed by atoms with E-state index >= 15 is 0 Å². The number of rotatable bonds is 6. The number of hydrogen-bond donors (Lipinski definition) is 2. The average molecular weight is 301 g/mol. The standard InChI is InChI=1S/C12H17BrN2O2/c1-9-2-3-10(8-11(9)13)15(7-5-14)6-4-12(16)17/h2-3,8H,4-7,14H2,1H3,(H,16,17). The zero-order valence-corrected chi connectivity index (χ0v) is 11.4. The molecule has 3 N–H and O–H groups in total. The van der Waals surface area contributed by atoms with Crippen LogP contribution in [0, 0.1) is 6.92 Å². The van der Waals surface area contributed by atoms with Gasteiger partial charge < -0.3 is 15.7 Å². The highest BCUT2D eigenvalue weighted by Gasteiger charge is 2.09. The second-order valence-electron chi connectivity index (χ2n) is 3.85. The van der Waals surface area contributed by atoms with Crippen molar-refractivity contribution >= 4 is 27.6 Å². The van der Waals surface area contributed by atoms with Crippen molar-refractivity contribution in [2.24, 2.45) is 5.73 Å². The Morgan fingerprint density at radius 2 is 2.18 bits per heavy atom. The van der Waals surface area contributed by atoms with Gasteiger partial charge in [-0.25, -0.2) is 0 Å². The summed E-state index contributed by atoms with van der Waals surface area (Å²) in [6.45, 7) is 3.65. The van der Waals surface area contributed by atoms with Crippen LogP contribution in [0.15, 0.2) is 22.7 Å². The molecule has 0 atom stereocenters. The summed E-state index contributed by atoms with van der Waals surface area (Å²) in [5.74, 6) is -0.793. The van der Waals surface area contributed by atoms with Crippen molar-refractivity contribution in [3.63, 3.8) is 0 Å². The van der Waals surface area contributed by atoms with E-state index in [9.17, 15) is 4.79 Å². The quantitative estimate of drug-likeness (QED) is 0.843. The average Bonchev–Trinajstić information content (AvgIpc) is 2.28. The lowest BCUT2D eigenvalue weighted by molar-refractivity contribution is -0.136. The maximum Gasteiger partial charge on any atom is 0.305 e. The molecule has 0 unspecified atom stereocenters. The molecule has 1 rings (SSSR count). The first-order chi connectivity index (χ1) is 8.04. The molecular formula is C12H17BrN2O2. The summed E-state index contributed by atoms with van der Waals surface area (Å²) in [6.07, 6.45) is 0.117. The summed E-state index contributed by atoms with van der Waals surface area (Å²) in [7, 11) is 0. The van der Waals surface area contributed by atoms with Crippen LogP contribution in [0.1, 0.15) is 12.0 Å². The van der Waals surface area contributed by atoms with Crippen LogP contribution in [-0.4, -0.2) is 30.7 Å². The molecule has 0 aliphatic carbocycles. The third kappa shape index (κ3) is 4.36. The number of aliphatic carboxylic acids is 1. The summed E-state index contributed by atoms with van der Waals surface area (Å²) < 4.78 is 1.02. The second-order valence-corrected chi connectivity index (χ2v) is 4.71. The predicted octanol–water partition coefficient (Wildman–Crippen LogP) is 2.00. The first kappa shape index (κ1) is 14.0. The topological polar surface area (TPSA) is 66.6 Å². The molecule has 0 saturated heterocycles. The van der Waals surface area contributed by atoms with Crippen LogP contribution in [0.5, 0.6) is 0 Å². The maximum absolute atomic E-state index is 10.6. The van der Waals surface area contributed by atoms with Crippen LogP contribution in [0.25, 0.3) is 0 Å². The highest BCUT2D eigenvalue weighted by molar-refractivity contribution is 9.10. The fourth-order valence-electron chi connectivity index (χ4n) is 1.53. The Labute approximate surface area is 110 Å². The highest BCUT2D eigenvalue weighted by atomic mass is 79.9. The number of nitrogens with zero attached hydrogens (tertiary/aromatic N) is 1. The van der Waals surface area contributed by atoms with Gasteiger partial charge in [-0.3, -0.25) is 4.79 Å². The minimum Gasteiger partial charge on any atom is -0.481 e. The number of benzene rings is 1. The third-order valence-corrected chi connectivity index (χ3v) is 3.37. The van der Waals surface area contributed by atoms with Crippen LogP contribution in [0.2, 0.25) is 0 Å². The van der Waals surface area contributed by atoms with E-state index < -0.39 is 5.97 Å². The van der Waals surface area contributed by atoms with Gasteiger partial charge in [0.2, 0.25) is 0 Å². The first-order valence-corrected chi connectivity index (χ1v) is 6.27. The van der Waals surface area contributed by atoms with Gasteiger partial charge in [0.05, 0.1) is 6.42 Å². The van der Waals surface area contributed by atoms with E-state index in [1.54, 1.807) is 0 Å². The minimum atomic E-state index is -0.793. The number of hydrogen-bond acceptors (Lipinski definition) is 3. The molecule has 0 aromatic heterocycles. The fourth-order valence-corrected chi connectivity index (χ4v) is 1.90. The number of carbonyl (C=O) groups is 1. The molecule has 17 heavy (non-hydrogen) atoms. The Kier molecular flexibility index (Phi) is 5.44. The van der Waals surface area contributed by atoms with Gasteiger partial charge in [-0.05, 0) is 24.6 Å². The van der Waals surface area contributed by atoms with Gasteiger partial charge >= 0.3 is 5.97 Å². The monoisotopic (exact) mass is 300 g/mol. The van der Waals surface area contributed by atoms with Crippen molar-refractivity contribution in [1.29, 1.82) is 0 Å². The zero-order valence-electron chi connectivity index (χ0n) is 9.82. The maximum atomic E-state index is 10.6. The molecule has 5 heteroatoms. The number of anilines is 1. The Balaban J connectivity index is 2.81. The number of carboxylic acids is 1. The number of aryl methyl sites for hydroxylation is 1. The molecule has 94 valence electrons. The molecule has 0 aliphatic rings. The second kappa shape index (κ2) is 6.61. The van der Waals surface area contributed by atoms with Crippen molar-refractivity contribution in [2.75, 3.05) is 24.5 Å². The molecule has 0 amide bonds. The molecule has 0 radical (unpaired) electrons. The van der Waals surface area contributed by atoms with E-state index in [1.807, 2.05) is 30.0 Å². The Morgan fingerprint density at radius 3 is 2.71 bits per heavy atom. The van der Waals surface area contributed by atoms with Gasteiger partial charge in [-0.15, -0.1) is 0 Å². The zero-order chi connectivity index (χ0) is 12.8. The summed E-state index contributed by atoms with van der Waals surface area (Å²) in [5, 5.41) is 8.71. The van der Waals surface area contributed by atoms with Gasteiger partial charge in [0.15, 0.2) is 0 Å². The van der Waals surface area contributed by atoms with Gasteiger partial charge in [-0.2, -0.15) is 0 Å². The highest BCUT2D eigenvalue weighted by Crippen LogP contribution is 2.23. The molecule has 0 aliphatic heterocycles. The number of halogens is 1. The molecule has 4 nitrogen and oxygen atoms in total. The van der Waals surface area contributed by atoms with Crippen molar-refractivity contribution in [3.05, 3.63) is 28.2 Å². The Morgan fingerprint density at radius 1 is 1.47 bits per heavy atom. The van der Waals surface area contributed by atoms with Crippen molar-refractivity contribution < 1.29 is 9.90 Å². The molecular weight excluding hydrogens is 284 g/mol. The normalized spacial score (nSPS) is 10.3. The SMILES string of the molecule is Cc1ccc(N(CCN)CCC(=O)O)cc1Br. The fraction of sp³-hybridized carbons (Fsp3) is 0.417. The van der Waals surface area contributed by atoms with Crippen LogP contribution in [-0.2, 0) is 4.79 Å². The van der Waals surface area contributed by atoms with E-state index in [2.05, 4.69) is 15.9 Å². The minimum absolute atomic E-state index is 0.117. The molecule has 0 bridgehead atoms. The van der Waals surface area contributed by atoms with Gasteiger partial charge in [-0.1, -0.05) is 22.0 Å². The largest absolute Gasteiger partial charge is 0.481 e. The summed E-state index contributed by atoms with van der Waals surface area (Å²) in [4.78, 5) is 12.6. The molecule has 1 aromatic rings. The van der Waals surface area contributed by atoms with E-state index in [0.717, 1.165) is 15.7 Å². The molecule has 0 saturated carbocycles. The van der Waals surface area contributed by atoms with Crippen LogP contribution in [0.3, 0.4) is 0 Å². The third-order valence-electron chi connectivity index (χ3n) is 2.52. The van der Waals surface area contributed by atoms with E-state index in [0.29, 0.717) is 19.6 Å². The molecule has 1 aromatic carbocycles. The Bertz CT molecular complexity index is 396. The van der Waals surface area contributed by atoms with E-state index in [-0.39, 0.29) is 6.42 Å². The van der Waals surface area contributed by atoms with E-state index in [4.69, 9.17) is 10.8 Å². The molecule has 0 spiro atoms. The molecule has 0 heterocycles. The van der Waals surface area contributed by atoms with Gasteiger partial charge in [0, 0.05) is 29.8 Å². The van der Waals surface area contributed by atoms with Crippen LogP contribution in [0.4, 0.5) is 5.69 Å². The lowest BCUT2D eigenvalue weighted by Gasteiger charge is -2.24.